The van der Waals surface area contributed by atoms with Crippen LogP contribution in [0.1, 0.15) is 11.1 Å². The zero-order chi connectivity index (χ0) is 17.5. The fourth-order valence-corrected chi connectivity index (χ4v) is 2.93. The molecule has 2 aromatic rings. The first-order chi connectivity index (χ1) is 11.5. The molecular weight excluding hydrogens is 398 g/mol. The van der Waals surface area contributed by atoms with Gasteiger partial charge in [-0.15, -0.1) is 0 Å². The van der Waals surface area contributed by atoms with E-state index >= 15 is 0 Å². The van der Waals surface area contributed by atoms with E-state index in [4.69, 9.17) is 26.2 Å². The summed E-state index contributed by atoms with van der Waals surface area (Å²) in [5.74, 6) is 0.250. The fraction of sp³-hybridized carbons (Fsp3) is 0.235. The third kappa shape index (κ3) is 5.40. The molecular formula is C17H17BrClNO4. The van der Waals surface area contributed by atoms with Crippen molar-refractivity contribution in [2.75, 3.05) is 13.7 Å². The SMILES string of the molecule is COc1cc(CNCC(=O)O)cc(Br)c1OCc1cccc(Cl)c1. The lowest BCUT2D eigenvalue weighted by molar-refractivity contribution is -0.135. The van der Waals surface area contributed by atoms with Gasteiger partial charge in [-0.25, -0.2) is 0 Å². The van der Waals surface area contributed by atoms with Crippen molar-refractivity contribution in [3.8, 4) is 11.5 Å². The monoisotopic (exact) mass is 413 g/mol. The van der Waals surface area contributed by atoms with Crippen molar-refractivity contribution in [1.82, 2.24) is 5.32 Å². The molecule has 2 rings (SSSR count). The molecule has 0 spiro atoms. The Morgan fingerprint density at radius 2 is 2.08 bits per heavy atom. The Kier molecular flexibility index (Phi) is 6.90. The van der Waals surface area contributed by atoms with Crippen molar-refractivity contribution in [1.29, 1.82) is 0 Å². The van der Waals surface area contributed by atoms with Gasteiger partial charge in [-0.2, -0.15) is 0 Å². The van der Waals surface area contributed by atoms with E-state index in [2.05, 4.69) is 21.2 Å². The van der Waals surface area contributed by atoms with Crippen LogP contribution in [-0.2, 0) is 17.9 Å². The number of rotatable bonds is 8. The lowest BCUT2D eigenvalue weighted by Gasteiger charge is -2.15. The predicted octanol–water partition coefficient (Wildman–Crippen LogP) is 3.86. The van der Waals surface area contributed by atoms with Crippen LogP contribution in [0.3, 0.4) is 0 Å². The van der Waals surface area contributed by atoms with Crippen LogP contribution in [-0.4, -0.2) is 24.7 Å². The molecule has 0 atom stereocenters. The minimum atomic E-state index is -0.900. The van der Waals surface area contributed by atoms with E-state index in [1.165, 1.54) is 0 Å². The highest BCUT2D eigenvalue weighted by Gasteiger charge is 2.12. The van der Waals surface area contributed by atoms with Gasteiger partial charge in [0.25, 0.3) is 0 Å². The Labute approximate surface area is 153 Å². The molecule has 0 heterocycles. The van der Waals surface area contributed by atoms with Gasteiger partial charge in [-0.05, 0) is 51.3 Å². The van der Waals surface area contributed by atoms with Crippen molar-refractivity contribution in [3.63, 3.8) is 0 Å². The molecule has 0 aliphatic heterocycles. The highest BCUT2D eigenvalue weighted by molar-refractivity contribution is 9.10. The van der Waals surface area contributed by atoms with E-state index in [0.29, 0.717) is 29.7 Å². The number of halogens is 2. The number of hydrogen-bond donors (Lipinski definition) is 2. The molecule has 2 aromatic carbocycles. The Morgan fingerprint density at radius 3 is 2.75 bits per heavy atom. The van der Waals surface area contributed by atoms with E-state index in [1.807, 2.05) is 30.3 Å². The average molecular weight is 415 g/mol. The van der Waals surface area contributed by atoms with Crippen molar-refractivity contribution in [2.45, 2.75) is 13.2 Å². The topological polar surface area (TPSA) is 67.8 Å². The van der Waals surface area contributed by atoms with Gasteiger partial charge >= 0.3 is 5.97 Å². The molecule has 7 heteroatoms. The number of carboxylic acid groups (broad SMARTS) is 1. The van der Waals surface area contributed by atoms with E-state index in [9.17, 15) is 4.79 Å². The second-order valence-corrected chi connectivity index (χ2v) is 6.32. The van der Waals surface area contributed by atoms with Gasteiger partial charge in [-0.1, -0.05) is 23.7 Å². The van der Waals surface area contributed by atoms with Crippen LogP contribution in [0.25, 0.3) is 0 Å². The van der Waals surface area contributed by atoms with Crippen LogP contribution in [0.2, 0.25) is 5.02 Å². The molecule has 0 saturated carbocycles. The summed E-state index contributed by atoms with van der Waals surface area (Å²) in [6.07, 6.45) is 0. The van der Waals surface area contributed by atoms with Crippen LogP contribution in [0, 0.1) is 0 Å². The molecule has 24 heavy (non-hydrogen) atoms. The first-order valence-corrected chi connectivity index (χ1v) is 8.33. The Bertz CT molecular complexity index is 724. The summed E-state index contributed by atoms with van der Waals surface area (Å²) in [6.45, 7) is 0.662. The molecule has 0 saturated heterocycles. The maximum atomic E-state index is 10.6. The van der Waals surface area contributed by atoms with E-state index in [0.717, 1.165) is 15.6 Å². The maximum absolute atomic E-state index is 10.6. The zero-order valence-electron chi connectivity index (χ0n) is 13.0. The van der Waals surface area contributed by atoms with Crippen molar-refractivity contribution in [3.05, 3.63) is 57.0 Å². The molecule has 0 fully saturated rings. The highest BCUT2D eigenvalue weighted by atomic mass is 79.9. The standard InChI is InChI=1S/C17H17BrClNO4/c1-23-15-7-12(8-20-9-16(21)22)6-14(18)17(15)24-10-11-3-2-4-13(19)5-11/h2-7,20H,8-10H2,1H3,(H,21,22). The highest BCUT2D eigenvalue weighted by Crippen LogP contribution is 2.37. The molecule has 0 aliphatic rings. The van der Waals surface area contributed by atoms with Crippen LogP contribution < -0.4 is 14.8 Å². The second kappa shape index (κ2) is 8.92. The van der Waals surface area contributed by atoms with Gasteiger partial charge < -0.3 is 19.9 Å². The third-order valence-electron chi connectivity index (χ3n) is 3.17. The number of carboxylic acids is 1. The minimum Gasteiger partial charge on any atom is -0.493 e. The molecule has 128 valence electrons. The largest absolute Gasteiger partial charge is 0.493 e. The van der Waals surface area contributed by atoms with Gasteiger partial charge in [0.05, 0.1) is 18.1 Å². The number of methoxy groups -OCH3 is 1. The number of carbonyl (C=O) groups is 1. The minimum absolute atomic E-state index is 0.104. The Morgan fingerprint density at radius 1 is 1.29 bits per heavy atom. The van der Waals surface area contributed by atoms with Gasteiger partial charge in [0.2, 0.25) is 0 Å². The lowest BCUT2D eigenvalue weighted by Crippen LogP contribution is -2.21. The second-order valence-electron chi connectivity index (χ2n) is 5.02. The van der Waals surface area contributed by atoms with E-state index in [-0.39, 0.29) is 6.54 Å². The molecule has 0 aromatic heterocycles. The quantitative estimate of drug-likeness (QED) is 0.686. The third-order valence-corrected chi connectivity index (χ3v) is 3.99. The van der Waals surface area contributed by atoms with E-state index in [1.54, 1.807) is 13.2 Å². The maximum Gasteiger partial charge on any atom is 0.317 e. The van der Waals surface area contributed by atoms with E-state index < -0.39 is 5.97 Å². The van der Waals surface area contributed by atoms with Crippen LogP contribution >= 0.6 is 27.5 Å². The average Bonchev–Trinajstić information content (AvgIpc) is 2.53. The van der Waals surface area contributed by atoms with Crippen LogP contribution in [0.5, 0.6) is 11.5 Å². The van der Waals surface area contributed by atoms with Crippen molar-refractivity contribution >= 4 is 33.5 Å². The van der Waals surface area contributed by atoms with Gasteiger partial charge in [0.15, 0.2) is 11.5 Å². The molecule has 5 nitrogen and oxygen atoms in total. The summed E-state index contributed by atoms with van der Waals surface area (Å²) in [4.78, 5) is 10.6. The number of ether oxygens (including phenoxy) is 2. The molecule has 0 amide bonds. The number of benzene rings is 2. The lowest BCUT2D eigenvalue weighted by atomic mass is 10.2. The number of aliphatic carboxylic acids is 1. The molecule has 2 N–H and O–H groups in total. The summed E-state index contributed by atoms with van der Waals surface area (Å²) in [6, 6.07) is 11.1. The smallest absolute Gasteiger partial charge is 0.317 e. The molecule has 0 radical (unpaired) electrons. The Hall–Kier alpha value is -1.76. The van der Waals surface area contributed by atoms with Crippen molar-refractivity contribution < 1.29 is 19.4 Å². The van der Waals surface area contributed by atoms with Gasteiger partial charge in [0.1, 0.15) is 6.61 Å². The molecule has 0 bridgehead atoms. The van der Waals surface area contributed by atoms with Gasteiger partial charge in [-0.3, -0.25) is 4.79 Å². The van der Waals surface area contributed by atoms with Crippen molar-refractivity contribution in [2.24, 2.45) is 0 Å². The first kappa shape index (κ1) is 18.6. The van der Waals surface area contributed by atoms with Crippen LogP contribution in [0.4, 0.5) is 0 Å². The zero-order valence-corrected chi connectivity index (χ0v) is 15.4. The van der Waals surface area contributed by atoms with Crippen LogP contribution in [0.15, 0.2) is 40.9 Å². The number of hydrogen-bond acceptors (Lipinski definition) is 4. The first-order valence-electron chi connectivity index (χ1n) is 7.15. The summed E-state index contributed by atoms with van der Waals surface area (Å²) >= 11 is 9.44. The van der Waals surface area contributed by atoms with Gasteiger partial charge in [0, 0.05) is 11.6 Å². The summed E-state index contributed by atoms with van der Waals surface area (Å²) < 4.78 is 12.0. The summed E-state index contributed by atoms with van der Waals surface area (Å²) in [5.41, 5.74) is 1.83. The normalized spacial score (nSPS) is 10.5. The number of nitrogens with one attached hydrogen (secondary N) is 1. The molecule has 0 unspecified atom stereocenters. The summed E-state index contributed by atoms with van der Waals surface area (Å²) in [7, 11) is 1.56. The predicted molar refractivity (Wildman–Crippen MR) is 95.8 cm³/mol. The Balaban J connectivity index is 2.10. The summed E-state index contributed by atoms with van der Waals surface area (Å²) in [5, 5.41) is 12.1. The fourth-order valence-electron chi connectivity index (χ4n) is 2.11. The molecule has 0 aliphatic carbocycles.